The standard InChI is InChI=1S/C15H17N/c1-2-8-14-12(5-1)6-3-9-15(14)13-7-4-10-16-11-13/h1-3,5-6,8-9,13,16H,4,7,10-11H2/t13-/m1/s1. The molecule has 1 nitrogen and oxygen atoms in total. The summed E-state index contributed by atoms with van der Waals surface area (Å²) in [5.41, 5.74) is 1.52. The van der Waals surface area contributed by atoms with Crippen molar-refractivity contribution in [2.45, 2.75) is 18.8 Å². The summed E-state index contributed by atoms with van der Waals surface area (Å²) in [5, 5.41) is 6.29. The van der Waals surface area contributed by atoms with Crippen molar-refractivity contribution in [2.75, 3.05) is 13.1 Å². The van der Waals surface area contributed by atoms with Crippen molar-refractivity contribution in [1.82, 2.24) is 5.32 Å². The van der Waals surface area contributed by atoms with Crippen LogP contribution >= 0.6 is 0 Å². The molecule has 1 heterocycles. The number of hydrogen-bond acceptors (Lipinski definition) is 1. The third-order valence-electron chi connectivity index (χ3n) is 3.56. The van der Waals surface area contributed by atoms with Crippen LogP contribution in [0.5, 0.6) is 0 Å². The van der Waals surface area contributed by atoms with Gasteiger partial charge in [0.2, 0.25) is 0 Å². The summed E-state index contributed by atoms with van der Waals surface area (Å²) < 4.78 is 0. The highest BCUT2D eigenvalue weighted by Crippen LogP contribution is 2.29. The van der Waals surface area contributed by atoms with Crippen LogP contribution in [0.1, 0.15) is 24.3 Å². The van der Waals surface area contributed by atoms with Gasteiger partial charge in [0.25, 0.3) is 0 Å². The second-order valence-electron chi connectivity index (χ2n) is 4.61. The van der Waals surface area contributed by atoms with E-state index >= 15 is 0 Å². The number of hydrogen-bond donors (Lipinski definition) is 1. The molecule has 0 saturated carbocycles. The quantitative estimate of drug-likeness (QED) is 0.763. The van der Waals surface area contributed by atoms with Gasteiger partial charge in [-0.15, -0.1) is 0 Å². The van der Waals surface area contributed by atoms with Crippen LogP contribution in [0.2, 0.25) is 0 Å². The normalized spacial score (nSPS) is 21.1. The van der Waals surface area contributed by atoms with Crippen LogP contribution in [-0.2, 0) is 0 Å². The fraction of sp³-hybridized carbons (Fsp3) is 0.333. The fourth-order valence-electron chi connectivity index (χ4n) is 2.72. The van der Waals surface area contributed by atoms with E-state index in [1.54, 1.807) is 0 Å². The van der Waals surface area contributed by atoms with Gasteiger partial charge in [0.15, 0.2) is 0 Å². The molecule has 0 amide bonds. The van der Waals surface area contributed by atoms with Gasteiger partial charge in [-0.25, -0.2) is 0 Å². The first-order chi connectivity index (χ1) is 7.95. The maximum absolute atomic E-state index is 3.50. The van der Waals surface area contributed by atoms with E-state index in [1.807, 2.05) is 0 Å². The van der Waals surface area contributed by atoms with E-state index in [1.165, 1.54) is 35.7 Å². The van der Waals surface area contributed by atoms with E-state index < -0.39 is 0 Å². The Morgan fingerprint density at radius 3 is 2.75 bits per heavy atom. The molecule has 0 aliphatic carbocycles. The van der Waals surface area contributed by atoms with Gasteiger partial charge in [-0.05, 0) is 41.6 Å². The average molecular weight is 211 g/mol. The molecule has 0 spiro atoms. The highest BCUT2D eigenvalue weighted by molar-refractivity contribution is 5.86. The molecule has 1 fully saturated rings. The molecule has 1 atom stereocenters. The highest BCUT2D eigenvalue weighted by atomic mass is 14.9. The van der Waals surface area contributed by atoms with Crippen LogP contribution in [0.25, 0.3) is 10.8 Å². The third kappa shape index (κ3) is 1.72. The highest BCUT2D eigenvalue weighted by Gasteiger charge is 2.16. The van der Waals surface area contributed by atoms with Crippen LogP contribution in [-0.4, -0.2) is 13.1 Å². The van der Waals surface area contributed by atoms with Crippen molar-refractivity contribution >= 4 is 10.8 Å². The van der Waals surface area contributed by atoms with Gasteiger partial charge < -0.3 is 5.32 Å². The van der Waals surface area contributed by atoms with E-state index in [2.05, 4.69) is 47.8 Å². The second-order valence-corrected chi connectivity index (χ2v) is 4.61. The summed E-state index contributed by atoms with van der Waals surface area (Å²) in [7, 11) is 0. The Hall–Kier alpha value is -1.34. The monoisotopic (exact) mass is 211 g/mol. The van der Waals surface area contributed by atoms with Crippen molar-refractivity contribution < 1.29 is 0 Å². The smallest absolute Gasteiger partial charge is 0.00203 e. The molecule has 0 unspecified atom stereocenters. The van der Waals surface area contributed by atoms with Crippen LogP contribution < -0.4 is 5.32 Å². The van der Waals surface area contributed by atoms with Crippen LogP contribution in [0.4, 0.5) is 0 Å². The fourth-order valence-corrected chi connectivity index (χ4v) is 2.72. The molecule has 3 rings (SSSR count). The summed E-state index contributed by atoms with van der Waals surface area (Å²) in [5.74, 6) is 0.694. The molecule has 1 heteroatoms. The molecule has 0 aromatic heterocycles. The lowest BCUT2D eigenvalue weighted by Gasteiger charge is -2.24. The van der Waals surface area contributed by atoms with Gasteiger partial charge in [-0.2, -0.15) is 0 Å². The summed E-state index contributed by atoms with van der Waals surface area (Å²) in [6.07, 6.45) is 2.62. The molecule has 82 valence electrons. The number of fused-ring (bicyclic) bond motifs is 1. The lowest BCUT2D eigenvalue weighted by Crippen LogP contribution is -2.28. The maximum atomic E-state index is 3.50. The lowest BCUT2D eigenvalue weighted by atomic mass is 9.88. The summed E-state index contributed by atoms with van der Waals surface area (Å²) in [6, 6.07) is 15.4. The van der Waals surface area contributed by atoms with Gasteiger partial charge in [0, 0.05) is 6.54 Å². The minimum atomic E-state index is 0.694. The molecule has 1 aliphatic rings. The lowest BCUT2D eigenvalue weighted by molar-refractivity contribution is 0.463. The predicted octanol–water partition coefficient (Wildman–Crippen LogP) is 3.31. The first kappa shape index (κ1) is 9.86. The maximum Gasteiger partial charge on any atom is 0.00203 e. The van der Waals surface area contributed by atoms with Crippen molar-refractivity contribution in [3.63, 3.8) is 0 Å². The summed E-state index contributed by atoms with van der Waals surface area (Å²) in [6.45, 7) is 2.31. The van der Waals surface area contributed by atoms with Crippen molar-refractivity contribution in [3.05, 3.63) is 48.0 Å². The summed E-state index contributed by atoms with van der Waals surface area (Å²) in [4.78, 5) is 0. The summed E-state index contributed by atoms with van der Waals surface area (Å²) >= 11 is 0. The Kier molecular flexibility index (Phi) is 2.63. The van der Waals surface area contributed by atoms with E-state index in [-0.39, 0.29) is 0 Å². The van der Waals surface area contributed by atoms with Crippen molar-refractivity contribution in [2.24, 2.45) is 0 Å². The molecule has 2 aromatic rings. The van der Waals surface area contributed by atoms with Gasteiger partial charge in [0.05, 0.1) is 0 Å². The Bertz CT molecular complexity index is 478. The zero-order valence-corrected chi connectivity index (χ0v) is 9.45. The van der Waals surface area contributed by atoms with Crippen LogP contribution in [0.3, 0.4) is 0 Å². The SMILES string of the molecule is c1ccc2c([C@@H]3CCCNC3)cccc2c1. The number of nitrogens with one attached hydrogen (secondary N) is 1. The zero-order valence-electron chi connectivity index (χ0n) is 9.45. The Labute approximate surface area is 96.5 Å². The number of rotatable bonds is 1. The molecule has 1 N–H and O–H groups in total. The first-order valence-electron chi connectivity index (χ1n) is 6.13. The number of benzene rings is 2. The third-order valence-corrected chi connectivity index (χ3v) is 3.56. The molecule has 2 aromatic carbocycles. The molecule has 0 bridgehead atoms. The molecule has 16 heavy (non-hydrogen) atoms. The van der Waals surface area contributed by atoms with Gasteiger partial charge in [0.1, 0.15) is 0 Å². The molecular weight excluding hydrogens is 194 g/mol. The molecule has 0 radical (unpaired) electrons. The second kappa shape index (κ2) is 4.26. The van der Waals surface area contributed by atoms with E-state index in [0.717, 1.165) is 6.54 Å². The van der Waals surface area contributed by atoms with Crippen molar-refractivity contribution in [1.29, 1.82) is 0 Å². The minimum Gasteiger partial charge on any atom is -0.316 e. The first-order valence-corrected chi connectivity index (χ1v) is 6.13. The molecule has 1 aliphatic heterocycles. The minimum absolute atomic E-state index is 0.694. The van der Waals surface area contributed by atoms with Crippen molar-refractivity contribution in [3.8, 4) is 0 Å². The Morgan fingerprint density at radius 2 is 1.88 bits per heavy atom. The topological polar surface area (TPSA) is 12.0 Å². The van der Waals surface area contributed by atoms with E-state index in [0.29, 0.717) is 5.92 Å². The van der Waals surface area contributed by atoms with Gasteiger partial charge in [-0.1, -0.05) is 42.5 Å². The Morgan fingerprint density at radius 1 is 1.00 bits per heavy atom. The average Bonchev–Trinajstić information content (AvgIpc) is 2.39. The van der Waals surface area contributed by atoms with Gasteiger partial charge in [-0.3, -0.25) is 0 Å². The zero-order chi connectivity index (χ0) is 10.8. The predicted molar refractivity (Wildman–Crippen MR) is 68.8 cm³/mol. The van der Waals surface area contributed by atoms with Crippen LogP contribution in [0, 0.1) is 0 Å². The van der Waals surface area contributed by atoms with Gasteiger partial charge >= 0.3 is 0 Å². The largest absolute Gasteiger partial charge is 0.316 e. The molecular formula is C15H17N. The van der Waals surface area contributed by atoms with Crippen LogP contribution in [0.15, 0.2) is 42.5 Å². The van der Waals surface area contributed by atoms with E-state index in [4.69, 9.17) is 0 Å². The number of piperidine rings is 1. The van der Waals surface area contributed by atoms with E-state index in [9.17, 15) is 0 Å². The molecule has 1 saturated heterocycles. The Balaban J connectivity index is 2.08.